The standard InChI is InChI=1S/C25H36O5/c1-9-14(4)23(28)30-17-12-18(29-19(27)10-13(2)3)25(8)20-15(5)11-16(26)21(25)22(20)24(17,6)7/h9,11,13,17-18,20-22H,10,12H2,1-8H3/b14-9-/t17-,18-,20-,21-,22-,25-/m1/s1. The van der Waals surface area contributed by atoms with E-state index >= 15 is 0 Å². The summed E-state index contributed by atoms with van der Waals surface area (Å²) in [6.07, 6.45) is 3.34. The van der Waals surface area contributed by atoms with Crippen molar-refractivity contribution >= 4 is 17.7 Å². The first-order valence-electron chi connectivity index (χ1n) is 11.1. The van der Waals surface area contributed by atoms with E-state index in [1.807, 2.05) is 20.8 Å². The van der Waals surface area contributed by atoms with E-state index in [1.165, 1.54) is 0 Å². The molecule has 30 heavy (non-hydrogen) atoms. The minimum atomic E-state index is -0.465. The van der Waals surface area contributed by atoms with E-state index in [4.69, 9.17) is 9.47 Å². The molecule has 0 radical (unpaired) electrons. The highest BCUT2D eigenvalue weighted by Gasteiger charge is 2.74. The number of esters is 2. The molecule has 3 fully saturated rings. The van der Waals surface area contributed by atoms with Crippen molar-refractivity contribution in [2.75, 3.05) is 0 Å². The fourth-order valence-electron chi connectivity index (χ4n) is 6.18. The van der Waals surface area contributed by atoms with Crippen LogP contribution >= 0.6 is 0 Å². The molecule has 4 rings (SSSR count). The second kappa shape index (κ2) is 7.65. The van der Waals surface area contributed by atoms with Crippen molar-refractivity contribution in [1.29, 1.82) is 0 Å². The molecule has 0 aromatic heterocycles. The summed E-state index contributed by atoms with van der Waals surface area (Å²) in [5, 5.41) is 0. The molecule has 4 aliphatic rings. The molecule has 0 saturated heterocycles. The van der Waals surface area contributed by atoms with Crippen molar-refractivity contribution in [2.45, 2.75) is 80.4 Å². The molecular formula is C25H36O5. The van der Waals surface area contributed by atoms with E-state index in [0.29, 0.717) is 18.4 Å². The van der Waals surface area contributed by atoms with Crippen molar-refractivity contribution in [2.24, 2.45) is 34.5 Å². The number of carbonyl (C=O) groups excluding carboxylic acids is 3. The molecule has 166 valence electrons. The smallest absolute Gasteiger partial charge is 0.333 e. The first kappa shape index (κ1) is 22.8. The Balaban J connectivity index is 2.02. The van der Waals surface area contributed by atoms with Gasteiger partial charge in [0.2, 0.25) is 0 Å². The Labute approximate surface area is 180 Å². The number of hydrogen-bond acceptors (Lipinski definition) is 5. The molecule has 6 atom stereocenters. The van der Waals surface area contributed by atoms with Gasteiger partial charge in [-0.3, -0.25) is 9.59 Å². The Morgan fingerprint density at radius 3 is 2.33 bits per heavy atom. The number of hydrogen-bond donors (Lipinski definition) is 0. The van der Waals surface area contributed by atoms with Crippen LogP contribution in [-0.4, -0.2) is 29.9 Å². The SMILES string of the molecule is C/C=C(/C)C(=O)O[C@@H]1C[C@@H](OC(=O)CC(C)C)[C@@]2(C)[C@@H]3C(=O)C=C(C)[C@@H]2[C@H]3C1(C)C. The first-order valence-corrected chi connectivity index (χ1v) is 11.1. The Hall–Kier alpha value is -1.91. The first-order chi connectivity index (χ1) is 13.8. The Morgan fingerprint density at radius 2 is 1.80 bits per heavy atom. The van der Waals surface area contributed by atoms with E-state index in [9.17, 15) is 14.4 Å². The molecule has 0 aromatic carbocycles. The topological polar surface area (TPSA) is 69.7 Å². The molecule has 3 saturated carbocycles. The maximum absolute atomic E-state index is 13.1. The molecule has 0 unspecified atom stereocenters. The van der Waals surface area contributed by atoms with Crippen molar-refractivity contribution in [1.82, 2.24) is 0 Å². The molecule has 0 amide bonds. The molecule has 0 heterocycles. The summed E-state index contributed by atoms with van der Waals surface area (Å²) in [6, 6.07) is 0. The van der Waals surface area contributed by atoms with Gasteiger partial charge >= 0.3 is 11.9 Å². The third-order valence-corrected chi connectivity index (χ3v) is 7.89. The molecular weight excluding hydrogens is 380 g/mol. The Morgan fingerprint density at radius 1 is 1.17 bits per heavy atom. The van der Waals surface area contributed by atoms with Crippen LogP contribution < -0.4 is 0 Å². The quantitative estimate of drug-likeness (QED) is 0.482. The summed E-state index contributed by atoms with van der Waals surface area (Å²) in [5.74, 6) is -0.315. The van der Waals surface area contributed by atoms with Crippen LogP contribution in [0, 0.1) is 34.5 Å². The molecule has 4 aliphatic carbocycles. The summed E-state index contributed by atoms with van der Waals surface area (Å²) < 4.78 is 12.0. The monoisotopic (exact) mass is 416 g/mol. The van der Waals surface area contributed by atoms with E-state index in [0.717, 1.165) is 5.57 Å². The predicted octanol–water partition coefficient (Wildman–Crippen LogP) is 4.65. The van der Waals surface area contributed by atoms with Crippen LogP contribution in [0.2, 0.25) is 0 Å². The lowest BCUT2D eigenvalue weighted by Gasteiger charge is -2.65. The second-order valence-corrected chi connectivity index (χ2v) is 10.6. The molecule has 0 aliphatic heterocycles. The average molecular weight is 417 g/mol. The lowest BCUT2D eigenvalue weighted by atomic mass is 9.37. The summed E-state index contributed by atoms with van der Waals surface area (Å²) in [4.78, 5) is 38.3. The van der Waals surface area contributed by atoms with Gasteiger partial charge in [0.1, 0.15) is 12.2 Å². The zero-order valence-electron chi connectivity index (χ0n) is 19.6. The number of allylic oxidation sites excluding steroid dienone is 3. The number of carbonyl (C=O) groups is 3. The highest BCUT2D eigenvalue weighted by Crippen LogP contribution is 2.72. The Bertz CT molecular complexity index is 817. The van der Waals surface area contributed by atoms with Crippen LogP contribution in [-0.2, 0) is 23.9 Å². The number of ketones is 1. The van der Waals surface area contributed by atoms with Gasteiger partial charge in [-0.15, -0.1) is 0 Å². The maximum atomic E-state index is 13.1. The van der Waals surface area contributed by atoms with E-state index in [-0.39, 0.29) is 41.4 Å². The van der Waals surface area contributed by atoms with Gasteiger partial charge in [-0.05, 0) is 44.6 Å². The van der Waals surface area contributed by atoms with Gasteiger partial charge < -0.3 is 9.47 Å². The summed E-state index contributed by atoms with van der Waals surface area (Å²) in [7, 11) is 0. The Kier molecular flexibility index (Phi) is 5.81. The number of fused-ring (bicyclic) bond motifs is 3. The largest absolute Gasteiger partial charge is 0.462 e. The zero-order chi connectivity index (χ0) is 22.6. The number of ether oxygens (including phenoxy) is 2. The summed E-state index contributed by atoms with van der Waals surface area (Å²) >= 11 is 0. The third kappa shape index (κ3) is 3.34. The van der Waals surface area contributed by atoms with Crippen LogP contribution in [0.3, 0.4) is 0 Å². The third-order valence-electron chi connectivity index (χ3n) is 7.89. The minimum Gasteiger partial charge on any atom is -0.462 e. The van der Waals surface area contributed by atoms with Crippen LogP contribution in [0.1, 0.15) is 68.2 Å². The fourth-order valence-corrected chi connectivity index (χ4v) is 6.18. The number of rotatable bonds is 5. The minimum absolute atomic E-state index is 0.0671. The van der Waals surface area contributed by atoms with Gasteiger partial charge in [0.05, 0.1) is 0 Å². The van der Waals surface area contributed by atoms with Gasteiger partial charge in [-0.25, -0.2) is 4.79 Å². The van der Waals surface area contributed by atoms with Crippen molar-refractivity contribution in [3.63, 3.8) is 0 Å². The van der Waals surface area contributed by atoms with Gasteiger partial charge in [-0.1, -0.05) is 46.3 Å². The fraction of sp³-hybridized carbons (Fsp3) is 0.720. The van der Waals surface area contributed by atoms with Crippen molar-refractivity contribution in [3.8, 4) is 0 Å². The molecule has 0 N–H and O–H groups in total. The van der Waals surface area contributed by atoms with E-state index in [2.05, 4.69) is 20.8 Å². The normalized spacial score (nSPS) is 37.1. The highest BCUT2D eigenvalue weighted by atomic mass is 16.6. The van der Waals surface area contributed by atoms with Crippen LogP contribution in [0.4, 0.5) is 0 Å². The maximum Gasteiger partial charge on any atom is 0.333 e. The molecule has 4 bridgehead atoms. The van der Waals surface area contributed by atoms with Crippen LogP contribution in [0.25, 0.3) is 0 Å². The second-order valence-electron chi connectivity index (χ2n) is 10.6. The lowest BCUT2D eigenvalue weighted by molar-refractivity contribution is -0.204. The van der Waals surface area contributed by atoms with Crippen molar-refractivity contribution in [3.05, 3.63) is 23.3 Å². The van der Waals surface area contributed by atoms with E-state index < -0.39 is 23.0 Å². The molecule has 5 heteroatoms. The van der Waals surface area contributed by atoms with Gasteiger partial charge in [0, 0.05) is 35.2 Å². The van der Waals surface area contributed by atoms with Crippen molar-refractivity contribution < 1.29 is 23.9 Å². The lowest BCUT2D eigenvalue weighted by Crippen LogP contribution is -2.67. The summed E-state index contributed by atoms with van der Waals surface area (Å²) in [6.45, 7) is 15.8. The van der Waals surface area contributed by atoms with Crippen LogP contribution in [0.15, 0.2) is 23.3 Å². The van der Waals surface area contributed by atoms with Crippen LogP contribution in [0.5, 0.6) is 0 Å². The highest BCUT2D eigenvalue weighted by molar-refractivity contribution is 5.97. The zero-order valence-corrected chi connectivity index (χ0v) is 19.6. The van der Waals surface area contributed by atoms with Gasteiger partial charge in [0.15, 0.2) is 5.78 Å². The summed E-state index contributed by atoms with van der Waals surface area (Å²) in [5.41, 5.74) is 0.725. The molecule has 5 nitrogen and oxygen atoms in total. The average Bonchev–Trinajstić information content (AvgIpc) is 2.72. The van der Waals surface area contributed by atoms with Gasteiger partial charge in [-0.2, -0.15) is 0 Å². The molecule has 0 aromatic rings. The van der Waals surface area contributed by atoms with E-state index in [1.54, 1.807) is 26.0 Å². The molecule has 0 spiro atoms. The van der Waals surface area contributed by atoms with Gasteiger partial charge in [0.25, 0.3) is 0 Å². The predicted molar refractivity (Wildman–Crippen MR) is 114 cm³/mol.